The number of halogens is 3. The second-order valence-corrected chi connectivity index (χ2v) is 9.99. The third-order valence-electron chi connectivity index (χ3n) is 4.30. The Morgan fingerprint density at radius 2 is 1.78 bits per heavy atom. The van der Waals surface area contributed by atoms with Crippen molar-refractivity contribution in [3.8, 4) is 0 Å². The molecule has 0 fully saturated rings. The zero-order valence-electron chi connectivity index (χ0n) is 16.6. The first-order valence-electron chi connectivity index (χ1n) is 9.32. The average Bonchev–Trinajstić information content (AvgIpc) is 2.75. The molecular weight excluding hydrogens is 521 g/mol. The molecule has 0 aliphatic heterocycles. The van der Waals surface area contributed by atoms with Crippen molar-refractivity contribution in [3.63, 3.8) is 0 Å². The molecule has 6 nitrogen and oxygen atoms in total. The molecule has 0 aliphatic rings. The van der Waals surface area contributed by atoms with Gasteiger partial charge >= 0.3 is 0 Å². The average molecular weight is 539 g/mol. The number of rotatable bonds is 8. The number of carbonyl (C=O) groups is 1. The minimum atomic E-state index is -4.04. The number of carbonyl (C=O) groups excluding carboxylic acids is 1. The van der Waals surface area contributed by atoms with Crippen molar-refractivity contribution in [1.29, 1.82) is 0 Å². The standard InChI is InChI=1S/C22H18BrClFN3O3S/c23-18-3-1-2-17(12-18)13-26-27-22(29)15-28(14-16-4-8-20(25)9-5-16)32(30,31)21-10-6-19(24)7-11-21/h1-13H,14-15H2,(H,27,29)/b26-13-. The second-order valence-electron chi connectivity index (χ2n) is 6.70. The monoisotopic (exact) mass is 537 g/mol. The summed E-state index contributed by atoms with van der Waals surface area (Å²) in [6.07, 6.45) is 1.45. The van der Waals surface area contributed by atoms with Gasteiger partial charge in [0.2, 0.25) is 10.0 Å². The van der Waals surface area contributed by atoms with Crippen LogP contribution in [0.3, 0.4) is 0 Å². The molecule has 3 aromatic carbocycles. The molecule has 3 rings (SSSR count). The number of hydrazone groups is 1. The molecule has 0 spiro atoms. The molecule has 0 saturated carbocycles. The molecule has 1 N–H and O–H groups in total. The van der Waals surface area contributed by atoms with E-state index in [4.69, 9.17) is 11.6 Å². The van der Waals surface area contributed by atoms with Crippen LogP contribution in [0.4, 0.5) is 4.39 Å². The van der Waals surface area contributed by atoms with Crippen LogP contribution in [0, 0.1) is 5.82 Å². The van der Waals surface area contributed by atoms with Crippen molar-refractivity contribution in [3.05, 3.63) is 99.2 Å². The Morgan fingerprint density at radius 3 is 2.44 bits per heavy atom. The number of hydrogen-bond donors (Lipinski definition) is 1. The maximum absolute atomic E-state index is 13.2. The predicted octanol–water partition coefficient (Wildman–Crippen LogP) is 4.58. The fourth-order valence-electron chi connectivity index (χ4n) is 2.74. The van der Waals surface area contributed by atoms with Crippen LogP contribution in [0.2, 0.25) is 5.02 Å². The van der Waals surface area contributed by atoms with Gasteiger partial charge in [0.25, 0.3) is 5.91 Å². The smallest absolute Gasteiger partial charge is 0.255 e. The van der Waals surface area contributed by atoms with Crippen molar-refractivity contribution >= 4 is 49.7 Å². The van der Waals surface area contributed by atoms with Crippen LogP contribution >= 0.6 is 27.5 Å². The van der Waals surface area contributed by atoms with Crippen molar-refractivity contribution in [2.24, 2.45) is 5.10 Å². The largest absolute Gasteiger partial charge is 0.272 e. The van der Waals surface area contributed by atoms with Gasteiger partial charge in [-0.2, -0.15) is 9.41 Å². The fourth-order valence-corrected chi connectivity index (χ4v) is 4.66. The Balaban J connectivity index is 1.79. The maximum Gasteiger partial charge on any atom is 0.255 e. The summed E-state index contributed by atoms with van der Waals surface area (Å²) in [5.41, 5.74) is 3.61. The van der Waals surface area contributed by atoms with Crippen LogP contribution < -0.4 is 5.43 Å². The summed E-state index contributed by atoms with van der Waals surface area (Å²) < 4.78 is 41.4. The van der Waals surface area contributed by atoms with E-state index in [9.17, 15) is 17.6 Å². The van der Waals surface area contributed by atoms with E-state index in [1.54, 1.807) is 6.07 Å². The SMILES string of the molecule is O=C(CN(Cc1ccc(F)cc1)S(=O)(=O)c1ccc(Cl)cc1)N/N=C\c1cccc(Br)c1. The quantitative estimate of drug-likeness (QED) is 0.337. The van der Waals surface area contributed by atoms with Crippen LogP contribution in [-0.4, -0.2) is 31.4 Å². The van der Waals surface area contributed by atoms with E-state index in [1.165, 1.54) is 54.7 Å². The van der Waals surface area contributed by atoms with E-state index < -0.39 is 28.3 Å². The number of hydrogen-bond acceptors (Lipinski definition) is 4. The van der Waals surface area contributed by atoms with Gasteiger partial charge < -0.3 is 0 Å². The number of benzene rings is 3. The summed E-state index contributed by atoms with van der Waals surface area (Å²) in [5.74, 6) is -1.07. The van der Waals surface area contributed by atoms with Crippen LogP contribution in [0.15, 0.2) is 87.3 Å². The van der Waals surface area contributed by atoms with E-state index in [-0.39, 0.29) is 11.4 Å². The first kappa shape index (κ1) is 24.1. The molecule has 0 saturated heterocycles. The highest BCUT2D eigenvalue weighted by atomic mass is 79.9. The Hall–Kier alpha value is -2.59. The van der Waals surface area contributed by atoms with E-state index in [1.807, 2.05) is 18.2 Å². The Bertz CT molecular complexity index is 1220. The van der Waals surface area contributed by atoms with Crippen molar-refractivity contribution in [2.75, 3.05) is 6.54 Å². The lowest BCUT2D eigenvalue weighted by molar-refractivity contribution is -0.121. The normalized spacial score (nSPS) is 11.8. The molecular formula is C22H18BrClFN3O3S. The van der Waals surface area contributed by atoms with E-state index >= 15 is 0 Å². The summed E-state index contributed by atoms with van der Waals surface area (Å²) in [6.45, 7) is -0.619. The van der Waals surface area contributed by atoms with Crippen LogP contribution in [-0.2, 0) is 21.4 Å². The van der Waals surface area contributed by atoms with Crippen molar-refractivity contribution in [1.82, 2.24) is 9.73 Å². The highest BCUT2D eigenvalue weighted by Gasteiger charge is 2.27. The molecule has 0 aromatic heterocycles. The molecule has 3 aromatic rings. The number of nitrogens with one attached hydrogen (secondary N) is 1. The van der Waals surface area contributed by atoms with Gasteiger partial charge in [-0.1, -0.05) is 51.8 Å². The maximum atomic E-state index is 13.2. The Morgan fingerprint density at radius 1 is 1.09 bits per heavy atom. The topological polar surface area (TPSA) is 78.8 Å². The molecule has 0 bridgehead atoms. The Labute approximate surface area is 198 Å². The zero-order valence-corrected chi connectivity index (χ0v) is 19.7. The first-order chi connectivity index (χ1) is 15.2. The zero-order chi connectivity index (χ0) is 23.1. The van der Waals surface area contributed by atoms with Crippen LogP contribution in [0.25, 0.3) is 0 Å². The third kappa shape index (κ3) is 6.70. The van der Waals surface area contributed by atoms with Gasteiger partial charge in [-0.25, -0.2) is 18.2 Å². The van der Waals surface area contributed by atoms with Crippen molar-refractivity contribution < 1.29 is 17.6 Å². The molecule has 0 aliphatic carbocycles. The number of sulfonamides is 1. The van der Waals surface area contributed by atoms with Gasteiger partial charge in [0.15, 0.2) is 0 Å². The van der Waals surface area contributed by atoms with Crippen LogP contribution in [0.5, 0.6) is 0 Å². The van der Waals surface area contributed by atoms with E-state index in [0.717, 1.165) is 14.3 Å². The van der Waals surface area contributed by atoms with Gasteiger partial charge in [-0.3, -0.25) is 4.79 Å². The minimum absolute atomic E-state index is 0.0190. The molecule has 10 heteroatoms. The van der Waals surface area contributed by atoms with E-state index in [2.05, 4.69) is 26.5 Å². The lowest BCUT2D eigenvalue weighted by atomic mass is 10.2. The molecule has 0 atom stereocenters. The van der Waals surface area contributed by atoms with Gasteiger partial charge in [-0.15, -0.1) is 0 Å². The lowest BCUT2D eigenvalue weighted by Gasteiger charge is -2.21. The highest BCUT2D eigenvalue weighted by Crippen LogP contribution is 2.20. The Kier molecular flexibility index (Phi) is 8.14. The molecule has 0 radical (unpaired) electrons. The van der Waals surface area contributed by atoms with Gasteiger partial charge in [0.1, 0.15) is 5.82 Å². The van der Waals surface area contributed by atoms with Gasteiger partial charge in [0.05, 0.1) is 17.7 Å². The number of nitrogens with zero attached hydrogens (tertiary/aromatic N) is 2. The molecule has 0 unspecified atom stereocenters. The molecule has 0 heterocycles. The summed E-state index contributed by atoms with van der Waals surface area (Å²) >= 11 is 9.21. The third-order valence-corrected chi connectivity index (χ3v) is 6.85. The summed E-state index contributed by atoms with van der Waals surface area (Å²) in [4.78, 5) is 12.4. The second kappa shape index (κ2) is 10.8. The fraction of sp³-hybridized carbons (Fsp3) is 0.0909. The summed E-state index contributed by atoms with van der Waals surface area (Å²) in [7, 11) is -4.04. The van der Waals surface area contributed by atoms with Crippen LogP contribution in [0.1, 0.15) is 11.1 Å². The molecule has 1 amide bonds. The molecule has 166 valence electrons. The summed E-state index contributed by atoms with van der Waals surface area (Å²) in [6, 6.07) is 18.3. The minimum Gasteiger partial charge on any atom is -0.272 e. The van der Waals surface area contributed by atoms with Gasteiger partial charge in [0, 0.05) is 16.0 Å². The van der Waals surface area contributed by atoms with Crippen molar-refractivity contribution in [2.45, 2.75) is 11.4 Å². The lowest BCUT2D eigenvalue weighted by Crippen LogP contribution is -2.39. The summed E-state index contributed by atoms with van der Waals surface area (Å²) in [5, 5.41) is 4.27. The van der Waals surface area contributed by atoms with Gasteiger partial charge in [-0.05, 0) is 59.7 Å². The van der Waals surface area contributed by atoms with E-state index in [0.29, 0.717) is 10.6 Å². The highest BCUT2D eigenvalue weighted by molar-refractivity contribution is 9.10. The molecule has 32 heavy (non-hydrogen) atoms. The first-order valence-corrected chi connectivity index (χ1v) is 11.9. The predicted molar refractivity (Wildman–Crippen MR) is 125 cm³/mol. The number of amides is 1.